The van der Waals surface area contributed by atoms with Crippen molar-refractivity contribution in [3.05, 3.63) is 29.6 Å². The fraction of sp³-hybridized carbons (Fsp3) is 0.533. The molecule has 0 aliphatic heterocycles. The molecule has 98 valence electrons. The second-order valence-electron chi connectivity index (χ2n) is 5.14. The lowest BCUT2D eigenvalue weighted by Crippen LogP contribution is -2.22. The molecule has 1 aromatic carbocycles. The average Bonchev–Trinajstić information content (AvgIpc) is 2.38. The molecule has 0 atom stereocenters. The van der Waals surface area contributed by atoms with Crippen molar-refractivity contribution in [2.75, 3.05) is 7.11 Å². The molecule has 0 N–H and O–H groups in total. The average molecular weight is 250 g/mol. The maximum Gasteiger partial charge on any atom is 0.172 e. The number of carbonyl (C=O) groups excluding carboxylic acids is 1. The number of ether oxygens (including phenoxy) is 1. The van der Waals surface area contributed by atoms with E-state index < -0.39 is 5.82 Å². The Kier molecular flexibility index (Phi) is 4.00. The number of hydrogen-bond donors (Lipinski definition) is 0. The predicted octanol–water partition coefficient (Wildman–Crippen LogP) is 3.84. The third kappa shape index (κ3) is 2.55. The Morgan fingerprint density at radius 1 is 1.28 bits per heavy atom. The van der Waals surface area contributed by atoms with Gasteiger partial charge in [-0.2, -0.15) is 0 Å². The van der Waals surface area contributed by atoms with E-state index in [9.17, 15) is 9.18 Å². The molecule has 1 aliphatic carbocycles. The van der Waals surface area contributed by atoms with Gasteiger partial charge in [0.15, 0.2) is 5.78 Å². The summed E-state index contributed by atoms with van der Waals surface area (Å²) in [6.45, 7) is 2.20. The zero-order valence-corrected chi connectivity index (χ0v) is 10.9. The van der Waals surface area contributed by atoms with Crippen molar-refractivity contribution in [2.24, 2.45) is 11.8 Å². The molecule has 0 spiro atoms. The van der Waals surface area contributed by atoms with Crippen molar-refractivity contribution in [3.63, 3.8) is 0 Å². The quantitative estimate of drug-likeness (QED) is 0.762. The molecule has 1 aromatic rings. The van der Waals surface area contributed by atoms with E-state index >= 15 is 0 Å². The maximum absolute atomic E-state index is 13.8. The van der Waals surface area contributed by atoms with Gasteiger partial charge in [0.1, 0.15) is 11.6 Å². The first kappa shape index (κ1) is 13.1. The van der Waals surface area contributed by atoms with Crippen LogP contribution in [0.25, 0.3) is 0 Å². The smallest absolute Gasteiger partial charge is 0.172 e. The fourth-order valence-corrected chi connectivity index (χ4v) is 2.64. The first-order chi connectivity index (χ1) is 8.63. The number of Topliss-reactive ketones (excluding diaryl/α,β-unsaturated/α-hetero) is 1. The first-order valence-corrected chi connectivity index (χ1v) is 6.50. The van der Waals surface area contributed by atoms with E-state index in [1.807, 2.05) is 0 Å². The molecule has 0 aromatic heterocycles. The monoisotopic (exact) mass is 250 g/mol. The van der Waals surface area contributed by atoms with Crippen molar-refractivity contribution in [2.45, 2.75) is 32.6 Å². The molecule has 2 nitrogen and oxygen atoms in total. The molecule has 0 saturated heterocycles. The van der Waals surface area contributed by atoms with E-state index in [4.69, 9.17) is 4.74 Å². The van der Waals surface area contributed by atoms with Crippen LogP contribution in [0.2, 0.25) is 0 Å². The van der Waals surface area contributed by atoms with Crippen LogP contribution in [0.5, 0.6) is 5.75 Å². The van der Waals surface area contributed by atoms with Crippen LogP contribution in [0.15, 0.2) is 18.2 Å². The van der Waals surface area contributed by atoms with Crippen LogP contribution in [-0.2, 0) is 0 Å². The van der Waals surface area contributed by atoms with Gasteiger partial charge in [-0.25, -0.2) is 4.39 Å². The lowest BCUT2D eigenvalue weighted by molar-refractivity contribution is 0.0868. The minimum absolute atomic E-state index is 0.0491. The van der Waals surface area contributed by atoms with E-state index in [-0.39, 0.29) is 17.3 Å². The second kappa shape index (κ2) is 5.51. The molecule has 1 saturated carbocycles. The van der Waals surface area contributed by atoms with Crippen LogP contribution in [0.1, 0.15) is 43.0 Å². The number of carbonyl (C=O) groups is 1. The SMILES string of the molecule is COc1cccc(F)c1C(=O)C1CCC(C)CC1. The molecule has 1 aliphatic rings. The highest BCUT2D eigenvalue weighted by atomic mass is 19.1. The van der Waals surface area contributed by atoms with Crippen LogP contribution in [-0.4, -0.2) is 12.9 Å². The van der Waals surface area contributed by atoms with Gasteiger partial charge in [-0.05, 0) is 30.9 Å². The zero-order valence-electron chi connectivity index (χ0n) is 10.9. The van der Waals surface area contributed by atoms with Crippen LogP contribution >= 0.6 is 0 Å². The van der Waals surface area contributed by atoms with Crippen molar-refractivity contribution in [3.8, 4) is 5.75 Å². The van der Waals surface area contributed by atoms with Crippen molar-refractivity contribution < 1.29 is 13.9 Å². The lowest BCUT2D eigenvalue weighted by atomic mass is 9.79. The van der Waals surface area contributed by atoms with Gasteiger partial charge in [-0.15, -0.1) is 0 Å². The van der Waals surface area contributed by atoms with E-state index in [0.717, 1.165) is 25.7 Å². The predicted molar refractivity (Wildman–Crippen MR) is 68.4 cm³/mol. The zero-order chi connectivity index (χ0) is 13.1. The number of halogens is 1. The molecule has 0 radical (unpaired) electrons. The molecule has 0 bridgehead atoms. The highest BCUT2D eigenvalue weighted by Gasteiger charge is 2.28. The highest BCUT2D eigenvalue weighted by molar-refractivity contribution is 6.00. The normalized spacial score (nSPS) is 23.7. The van der Waals surface area contributed by atoms with Crippen LogP contribution in [0.3, 0.4) is 0 Å². The van der Waals surface area contributed by atoms with Crippen LogP contribution in [0.4, 0.5) is 4.39 Å². The molecule has 2 rings (SSSR count). The molecule has 3 heteroatoms. The minimum Gasteiger partial charge on any atom is -0.496 e. The molecule has 1 fully saturated rings. The highest BCUT2D eigenvalue weighted by Crippen LogP contribution is 2.33. The summed E-state index contributed by atoms with van der Waals surface area (Å²) in [7, 11) is 1.47. The maximum atomic E-state index is 13.8. The summed E-state index contributed by atoms with van der Waals surface area (Å²) in [5, 5.41) is 0. The van der Waals surface area contributed by atoms with Gasteiger partial charge in [0.2, 0.25) is 0 Å². The molecule has 0 heterocycles. The Hall–Kier alpha value is -1.38. The molecule has 0 amide bonds. The van der Waals surface area contributed by atoms with Crippen molar-refractivity contribution >= 4 is 5.78 Å². The summed E-state index contributed by atoms with van der Waals surface area (Å²) in [6.07, 6.45) is 3.81. The second-order valence-corrected chi connectivity index (χ2v) is 5.14. The first-order valence-electron chi connectivity index (χ1n) is 6.50. The third-order valence-electron chi connectivity index (χ3n) is 3.83. The van der Waals surface area contributed by atoms with Gasteiger partial charge in [0.25, 0.3) is 0 Å². The summed E-state index contributed by atoms with van der Waals surface area (Å²) in [5.41, 5.74) is 0.125. The summed E-state index contributed by atoms with van der Waals surface area (Å²) in [4.78, 5) is 12.4. The van der Waals surface area contributed by atoms with Crippen molar-refractivity contribution in [1.29, 1.82) is 0 Å². The molecular weight excluding hydrogens is 231 g/mol. The minimum atomic E-state index is -0.474. The standard InChI is InChI=1S/C15H19FO2/c1-10-6-8-11(9-7-10)15(17)14-12(16)4-3-5-13(14)18-2/h3-5,10-11H,6-9H2,1-2H3. The summed E-state index contributed by atoms with van der Waals surface area (Å²) < 4.78 is 18.9. The summed E-state index contributed by atoms with van der Waals surface area (Å²) in [6, 6.07) is 4.52. The van der Waals surface area contributed by atoms with Gasteiger partial charge >= 0.3 is 0 Å². The number of hydrogen-bond acceptors (Lipinski definition) is 2. The van der Waals surface area contributed by atoms with Crippen LogP contribution < -0.4 is 4.74 Å². The van der Waals surface area contributed by atoms with Gasteiger partial charge in [-0.3, -0.25) is 4.79 Å². The molecular formula is C15H19FO2. The van der Waals surface area contributed by atoms with E-state index in [2.05, 4.69) is 6.92 Å². The van der Waals surface area contributed by atoms with Crippen molar-refractivity contribution in [1.82, 2.24) is 0 Å². The Labute approximate surface area is 107 Å². The van der Waals surface area contributed by atoms with Gasteiger partial charge in [-0.1, -0.05) is 25.8 Å². The number of methoxy groups -OCH3 is 1. The van der Waals surface area contributed by atoms with Gasteiger partial charge in [0.05, 0.1) is 12.7 Å². The Morgan fingerprint density at radius 2 is 1.94 bits per heavy atom. The number of ketones is 1. The molecule has 0 unspecified atom stereocenters. The van der Waals surface area contributed by atoms with Crippen LogP contribution in [0, 0.1) is 17.7 Å². The van der Waals surface area contributed by atoms with E-state index in [1.165, 1.54) is 13.2 Å². The van der Waals surface area contributed by atoms with E-state index in [1.54, 1.807) is 12.1 Å². The Morgan fingerprint density at radius 3 is 2.56 bits per heavy atom. The van der Waals surface area contributed by atoms with Gasteiger partial charge < -0.3 is 4.74 Å². The Balaban J connectivity index is 2.23. The topological polar surface area (TPSA) is 26.3 Å². The lowest BCUT2D eigenvalue weighted by Gasteiger charge is -2.25. The number of benzene rings is 1. The number of rotatable bonds is 3. The van der Waals surface area contributed by atoms with Gasteiger partial charge in [0, 0.05) is 5.92 Å². The fourth-order valence-electron chi connectivity index (χ4n) is 2.64. The van der Waals surface area contributed by atoms with E-state index in [0.29, 0.717) is 11.7 Å². The summed E-state index contributed by atoms with van der Waals surface area (Å²) in [5.74, 6) is 0.400. The molecule has 18 heavy (non-hydrogen) atoms. The third-order valence-corrected chi connectivity index (χ3v) is 3.83. The Bertz CT molecular complexity index is 434. The summed E-state index contributed by atoms with van der Waals surface area (Å²) >= 11 is 0. The largest absolute Gasteiger partial charge is 0.496 e.